The summed E-state index contributed by atoms with van der Waals surface area (Å²) in [5.41, 5.74) is 0.607. The summed E-state index contributed by atoms with van der Waals surface area (Å²) in [6.45, 7) is 3.28. The molecule has 0 aliphatic carbocycles. The molecular weight excluding hydrogens is 352 g/mol. The van der Waals surface area contributed by atoms with Gasteiger partial charge in [-0.1, -0.05) is 15.9 Å². The first kappa shape index (κ1) is 16.6. The van der Waals surface area contributed by atoms with E-state index in [1.807, 2.05) is 13.0 Å². The van der Waals surface area contributed by atoms with Crippen LogP contribution in [0.4, 0.5) is 10.5 Å². The van der Waals surface area contributed by atoms with Crippen LogP contribution in [0.25, 0.3) is 0 Å². The van der Waals surface area contributed by atoms with Gasteiger partial charge < -0.3 is 20.1 Å². The molecule has 0 unspecified atom stereocenters. The van der Waals surface area contributed by atoms with E-state index < -0.39 is 5.97 Å². The van der Waals surface area contributed by atoms with Crippen LogP contribution in [0.3, 0.4) is 0 Å². The van der Waals surface area contributed by atoms with Crippen molar-refractivity contribution in [3.05, 3.63) is 22.7 Å². The molecule has 1 fully saturated rings. The van der Waals surface area contributed by atoms with E-state index in [2.05, 4.69) is 21.2 Å². The second-order valence-corrected chi connectivity index (χ2v) is 6.02. The maximum absolute atomic E-state index is 12.3. The van der Waals surface area contributed by atoms with Crippen molar-refractivity contribution in [1.82, 2.24) is 4.90 Å². The molecule has 6 nitrogen and oxygen atoms in total. The van der Waals surface area contributed by atoms with E-state index >= 15 is 0 Å². The minimum atomic E-state index is -0.786. The fourth-order valence-electron chi connectivity index (χ4n) is 2.40. The lowest BCUT2D eigenvalue weighted by atomic mass is 9.97. The molecule has 7 heteroatoms. The number of urea groups is 1. The molecule has 1 heterocycles. The average molecular weight is 371 g/mol. The highest BCUT2D eigenvalue weighted by Gasteiger charge is 2.27. The molecule has 2 N–H and O–H groups in total. The minimum Gasteiger partial charge on any atom is -0.492 e. The second-order valence-electron chi connectivity index (χ2n) is 5.10. The van der Waals surface area contributed by atoms with E-state index in [4.69, 9.17) is 9.84 Å². The number of carboxylic acids is 1. The van der Waals surface area contributed by atoms with E-state index in [0.29, 0.717) is 44.0 Å². The monoisotopic (exact) mass is 370 g/mol. The number of rotatable bonds is 4. The quantitative estimate of drug-likeness (QED) is 0.852. The van der Waals surface area contributed by atoms with Crippen LogP contribution in [-0.2, 0) is 4.79 Å². The number of nitrogens with zero attached hydrogens (tertiary/aromatic N) is 1. The first-order valence-corrected chi connectivity index (χ1v) is 8.01. The van der Waals surface area contributed by atoms with Crippen LogP contribution in [0, 0.1) is 5.92 Å². The van der Waals surface area contributed by atoms with Gasteiger partial charge >= 0.3 is 12.0 Å². The Morgan fingerprint density at radius 1 is 1.41 bits per heavy atom. The number of carboxylic acid groups (broad SMARTS) is 1. The fraction of sp³-hybridized carbons (Fsp3) is 0.467. The molecule has 0 spiro atoms. The number of halogens is 1. The van der Waals surface area contributed by atoms with Crippen molar-refractivity contribution in [2.45, 2.75) is 19.8 Å². The van der Waals surface area contributed by atoms with Crippen LogP contribution in [0.5, 0.6) is 5.75 Å². The van der Waals surface area contributed by atoms with Gasteiger partial charge in [0.25, 0.3) is 0 Å². The summed E-state index contributed by atoms with van der Waals surface area (Å²) in [5, 5.41) is 11.8. The third-order valence-corrected chi connectivity index (χ3v) is 4.11. The van der Waals surface area contributed by atoms with Gasteiger partial charge in [0.05, 0.1) is 18.2 Å². The SMILES string of the molecule is CCOc1cc(Br)ccc1NC(=O)N1CCC(C(=O)O)CC1. The Kier molecular flexibility index (Phi) is 5.65. The van der Waals surface area contributed by atoms with Gasteiger partial charge in [-0.25, -0.2) is 4.79 Å². The molecule has 0 aromatic heterocycles. The van der Waals surface area contributed by atoms with E-state index in [1.165, 1.54) is 0 Å². The van der Waals surface area contributed by atoms with E-state index in [9.17, 15) is 9.59 Å². The number of anilines is 1. The first-order chi connectivity index (χ1) is 10.5. The number of hydrogen-bond acceptors (Lipinski definition) is 3. The van der Waals surface area contributed by atoms with Crippen LogP contribution in [0.2, 0.25) is 0 Å². The highest BCUT2D eigenvalue weighted by molar-refractivity contribution is 9.10. The van der Waals surface area contributed by atoms with Crippen molar-refractivity contribution in [2.75, 3.05) is 25.0 Å². The Hall–Kier alpha value is -1.76. The summed E-state index contributed by atoms with van der Waals surface area (Å²) in [4.78, 5) is 24.9. The summed E-state index contributed by atoms with van der Waals surface area (Å²) in [6, 6.07) is 5.17. The van der Waals surface area contributed by atoms with Gasteiger partial charge in [0.1, 0.15) is 5.75 Å². The van der Waals surface area contributed by atoms with Crippen LogP contribution in [0.15, 0.2) is 22.7 Å². The van der Waals surface area contributed by atoms with E-state index in [-0.39, 0.29) is 11.9 Å². The van der Waals surface area contributed by atoms with Gasteiger partial charge in [-0.3, -0.25) is 4.79 Å². The molecule has 0 bridgehead atoms. The van der Waals surface area contributed by atoms with Crippen molar-refractivity contribution >= 4 is 33.6 Å². The number of ether oxygens (including phenoxy) is 1. The van der Waals surface area contributed by atoms with Crippen LogP contribution >= 0.6 is 15.9 Å². The second kappa shape index (κ2) is 7.49. The zero-order chi connectivity index (χ0) is 16.1. The van der Waals surface area contributed by atoms with Gasteiger partial charge in [0.2, 0.25) is 0 Å². The molecule has 2 amide bonds. The molecule has 0 radical (unpaired) electrons. The first-order valence-electron chi connectivity index (χ1n) is 7.22. The number of nitrogens with one attached hydrogen (secondary N) is 1. The molecular formula is C15H19BrN2O4. The molecule has 1 aliphatic heterocycles. The summed E-state index contributed by atoms with van der Waals surface area (Å²) >= 11 is 3.37. The van der Waals surface area contributed by atoms with Crippen LogP contribution < -0.4 is 10.1 Å². The predicted octanol–water partition coefficient (Wildman–Crippen LogP) is 3.18. The Bertz CT molecular complexity index is 556. The lowest BCUT2D eigenvalue weighted by molar-refractivity contribution is -0.143. The maximum Gasteiger partial charge on any atom is 0.321 e. The molecule has 22 heavy (non-hydrogen) atoms. The number of amides is 2. The van der Waals surface area contributed by atoms with Gasteiger partial charge in [0, 0.05) is 17.6 Å². The Balaban J connectivity index is 1.99. The van der Waals surface area contributed by atoms with E-state index in [1.54, 1.807) is 17.0 Å². The average Bonchev–Trinajstić information content (AvgIpc) is 2.50. The number of aliphatic carboxylic acids is 1. The van der Waals surface area contributed by atoms with Gasteiger partial charge in [-0.2, -0.15) is 0 Å². The van der Waals surface area contributed by atoms with Crippen molar-refractivity contribution in [1.29, 1.82) is 0 Å². The molecule has 1 aromatic rings. The standard InChI is InChI=1S/C15H19BrN2O4/c1-2-22-13-9-11(16)3-4-12(13)17-15(21)18-7-5-10(6-8-18)14(19)20/h3-4,9-10H,2,5-8H2,1H3,(H,17,21)(H,19,20). The largest absolute Gasteiger partial charge is 0.492 e. The number of carbonyl (C=O) groups excluding carboxylic acids is 1. The summed E-state index contributed by atoms with van der Waals surface area (Å²) in [7, 11) is 0. The minimum absolute atomic E-state index is 0.230. The third-order valence-electron chi connectivity index (χ3n) is 3.62. The molecule has 0 saturated carbocycles. The number of hydrogen-bond donors (Lipinski definition) is 2. The molecule has 2 rings (SSSR count). The fourth-order valence-corrected chi connectivity index (χ4v) is 2.74. The highest BCUT2D eigenvalue weighted by atomic mass is 79.9. The maximum atomic E-state index is 12.3. The zero-order valence-electron chi connectivity index (χ0n) is 12.3. The Morgan fingerprint density at radius 3 is 2.68 bits per heavy atom. The number of carbonyl (C=O) groups is 2. The van der Waals surface area contributed by atoms with Crippen molar-refractivity contribution < 1.29 is 19.4 Å². The molecule has 120 valence electrons. The Morgan fingerprint density at radius 2 is 2.09 bits per heavy atom. The van der Waals surface area contributed by atoms with Crippen LogP contribution in [0.1, 0.15) is 19.8 Å². The summed E-state index contributed by atoms with van der Waals surface area (Å²) in [6.07, 6.45) is 0.975. The zero-order valence-corrected chi connectivity index (χ0v) is 13.9. The van der Waals surface area contributed by atoms with Crippen LogP contribution in [-0.4, -0.2) is 41.7 Å². The number of benzene rings is 1. The smallest absolute Gasteiger partial charge is 0.321 e. The van der Waals surface area contributed by atoms with Gasteiger partial charge in [-0.05, 0) is 38.0 Å². The van der Waals surface area contributed by atoms with E-state index in [0.717, 1.165) is 4.47 Å². The summed E-state index contributed by atoms with van der Waals surface area (Å²) < 4.78 is 6.39. The number of piperidine rings is 1. The van der Waals surface area contributed by atoms with Crippen molar-refractivity contribution in [3.63, 3.8) is 0 Å². The lowest BCUT2D eigenvalue weighted by Crippen LogP contribution is -2.42. The highest BCUT2D eigenvalue weighted by Crippen LogP contribution is 2.29. The third kappa shape index (κ3) is 4.13. The normalized spacial score (nSPS) is 15.5. The topological polar surface area (TPSA) is 78.9 Å². The predicted molar refractivity (Wildman–Crippen MR) is 86.3 cm³/mol. The van der Waals surface area contributed by atoms with Crippen molar-refractivity contribution in [3.8, 4) is 5.75 Å². The van der Waals surface area contributed by atoms with Gasteiger partial charge in [-0.15, -0.1) is 0 Å². The molecule has 0 atom stereocenters. The molecule has 1 aliphatic rings. The summed E-state index contributed by atoms with van der Waals surface area (Å²) in [5.74, 6) is -0.534. The van der Waals surface area contributed by atoms with Gasteiger partial charge in [0.15, 0.2) is 0 Å². The Labute approximate surface area is 137 Å². The van der Waals surface area contributed by atoms with Crippen molar-refractivity contribution in [2.24, 2.45) is 5.92 Å². The molecule has 1 aromatic carbocycles. The number of likely N-dealkylation sites (tertiary alicyclic amines) is 1. The lowest BCUT2D eigenvalue weighted by Gasteiger charge is -2.30. The molecule has 1 saturated heterocycles.